The van der Waals surface area contributed by atoms with Gasteiger partial charge in [0.15, 0.2) is 0 Å². The molecule has 15 heavy (non-hydrogen) atoms. The fraction of sp³-hybridized carbons (Fsp3) is 0.444. The van der Waals surface area contributed by atoms with E-state index in [9.17, 15) is 4.79 Å². The highest BCUT2D eigenvalue weighted by atomic mass is 79.9. The smallest absolute Gasteiger partial charge is 0.253 e. The number of halogens is 2. The van der Waals surface area contributed by atoms with Crippen molar-refractivity contribution in [3.8, 4) is 0 Å². The molecule has 0 aliphatic carbocycles. The molecule has 0 saturated heterocycles. The summed E-state index contributed by atoms with van der Waals surface area (Å²) in [6.45, 7) is 4.18. The van der Waals surface area contributed by atoms with Crippen molar-refractivity contribution in [1.29, 1.82) is 0 Å². The highest BCUT2D eigenvalue weighted by Gasteiger charge is 2.21. The third-order valence-electron chi connectivity index (χ3n) is 1.86. The highest BCUT2D eigenvalue weighted by molar-refractivity contribution is 9.12. The first-order chi connectivity index (χ1) is 6.85. The van der Waals surface area contributed by atoms with Crippen LogP contribution in [0.4, 0.5) is 0 Å². The summed E-state index contributed by atoms with van der Waals surface area (Å²) in [6.07, 6.45) is 0. The number of hydrogen-bond acceptors (Lipinski definition) is 3. The molecule has 0 saturated carbocycles. The lowest BCUT2D eigenvalue weighted by Crippen LogP contribution is -2.48. The van der Waals surface area contributed by atoms with E-state index < -0.39 is 0 Å². The summed E-state index contributed by atoms with van der Waals surface area (Å²) in [5.41, 5.74) is 5.79. The van der Waals surface area contributed by atoms with Crippen LogP contribution in [0.15, 0.2) is 13.6 Å². The second-order valence-electron chi connectivity index (χ2n) is 3.78. The van der Waals surface area contributed by atoms with E-state index in [-0.39, 0.29) is 11.4 Å². The Balaban J connectivity index is 2.82. The molecule has 1 amide bonds. The molecule has 0 atom stereocenters. The lowest BCUT2D eigenvalue weighted by molar-refractivity contribution is 0.0915. The molecule has 0 unspecified atom stereocenters. The average molecular weight is 356 g/mol. The van der Waals surface area contributed by atoms with Crippen LogP contribution in [0.2, 0.25) is 0 Å². The molecule has 0 aliphatic rings. The van der Waals surface area contributed by atoms with E-state index in [1.165, 1.54) is 11.3 Å². The van der Waals surface area contributed by atoms with Crippen LogP contribution >= 0.6 is 43.2 Å². The van der Waals surface area contributed by atoms with Gasteiger partial charge in [-0.05, 0) is 51.8 Å². The quantitative estimate of drug-likeness (QED) is 0.875. The van der Waals surface area contributed by atoms with Gasteiger partial charge in [-0.25, -0.2) is 0 Å². The lowest BCUT2D eigenvalue weighted by atomic mass is 10.1. The number of rotatable bonds is 3. The van der Waals surface area contributed by atoms with Crippen LogP contribution in [-0.4, -0.2) is 18.0 Å². The van der Waals surface area contributed by atoms with Gasteiger partial charge >= 0.3 is 0 Å². The van der Waals surface area contributed by atoms with Gasteiger partial charge in [0.25, 0.3) is 5.91 Å². The van der Waals surface area contributed by atoms with Gasteiger partial charge in [0.1, 0.15) is 0 Å². The van der Waals surface area contributed by atoms with E-state index >= 15 is 0 Å². The molecule has 0 fully saturated rings. The predicted octanol–water partition coefficient (Wildman–Crippen LogP) is 2.74. The summed E-state index contributed by atoms with van der Waals surface area (Å²) in [5, 5.41) is 2.87. The van der Waals surface area contributed by atoms with Gasteiger partial charge in [-0.15, -0.1) is 11.3 Å². The third-order valence-corrected chi connectivity index (χ3v) is 4.20. The second kappa shape index (κ2) is 4.95. The first kappa shape index (κ1) is 13.2. The van der Waals surface area contributed by atoms with Gasteiger partial charge in [0.2, 0.25) is 0 Å². The van der Waals surface area contributed by atoms with Gasteiger partial charge < -0.3 is 11.1 Å². The Morgan fingerprint density at radius 3 is 2.60 bits per heavy atom. The fourth-order valence-electron chi connectivity index (χ4n) is 0.921. The Morgan fingerprint density at radius 1 is 1.60 bits per heavy atom. The van der Waals surface area contributed by atoms with Crippen LogP contribution in [0, 0.1) is 0 Å². The minimum Gasteiger partial charge on any atom is -0.346 e. The zero-order chi connectivity index (χ0) is 11.6. The van der Waals surface area contributed by atoms with Crippen LogP contribution in [0.25, 0.3) is 0 Å². The van der Waals surface area contributed by atoms with E-state index in [1.54, 1.807) is 6.07 Å². The Labute approximate surface area is 110 Å². The monoisotopic (exact) mass is 354 g/mol. The summed E-state index contributed by atoms with van der Waals surface area (Å²) >= 11 is 8.15. The van der Waals surface area contributed by atoms with E-state index in [0.29, 0.717) is 12.1 Å². The molecular formula is C9H12Br2N2OS. The van der Waals surface area contributed by atoms with E-state index in [0.717, 1.165) is 7.57 Å². The maximum atomic E-state index is 11.8. The van der Waals surface area contributed by atoms with Gasteiger partial charge in [0.05, 0.1) is 13.1 Å². The van der Waals surface area contributed by atoms with Crippen LogP contribution in [0.1, 0.15) is 24.2 Å². The number of carbonyl (C=O) groups is 1. The summed E-state index contributed by atoms with van der Waals surface area (Å²) in [5.74, 6) is -0.112. The van der Waals surface area contributed by atoms with Crippen LogP contribution in [0.3, 0.4) is 0 Å². The van der Waals surface area contributed by atoms with E-state index in [2.05, 4.69) is 37.2 Å². The number of amides is 1. The summed E-state index contributed by atoms with van der Waals surface area (Å²) in [4.78, 5) is 11.8. The molecule has 3 N–H and O–H groups in total. The standard InChI is InChI=1S/C9H12Br2N2OS/c1-9(2,4-12)13-8(14)5-3-6(10)15-7(5)11/h3H,4,12H2,1-2H3,(H,13,14). The first-order valence-electron chi connectivity index (χ1n) is 4.33. The van der Waals surface area contributed by atoms with Gasteiger partial charge in [-0.2, -0.15) is 0 Å². The molecule has 1 rings (SSSR count). The normalized spacial score (nSPS) is 11.5. The fourth-order valence-corrected chi connectivity index (χ4v) is 3.71. The molecular weight excluding hydrogens is 344 g/mol. The minimum atomic E-state index is -0.384. The largest absolute Gasteiger partial charge is 0.346 e. The molecule has 0 bridgehead atoms. The molecule has 3 nitrogen and oxygen atoms in total. The number of thiophene rings is 1. The maximum Gasteiger partial charge on any atom is 0.253 e. The number of nitrogens with one attached hydrogen (secondary N) is 1. The Morgan fingerprint density at radius 2 is 2.20 bits per heavy atom. The molecule has 0 aliphatic heterocycles. The van der Waals surface area contributed by atoms with Crippen molar-refractivity contribution in [2.45, 2.75) is 19.4 Å². The van der Waals surface area contributed by atoms with Crippen LogP contribution < -0.4 is 11.1 Å². The lowest BCUT2D eigenvalue weighted by Gasteiger charge is -2.23. The molecule has 0 aromatic carbocycles. The van der Waals surface area contributed by atoms with Crippen molar-refractivity contribution in [3.05, 3.63) is 19.2 Å². The van der Waals surface area contributed by atoms with Crippen LogP contribution in [0.5, 0.6) is 0 Å². The van der Waals surface area contributed by atoms with E-state index in [1.807, 2.05) is 13.8 Å². The van der Waals surface area contributed by atoms with Gasteiger partial charge in [0, 0.05) is 12.1 Å². The molecule has 1 aromatic rings. The first-order valence-corrected chi connectivity index (χ1v) is 6.73. The number of nitrogens with two attached hydrogens (primary N) is 1. The van der Waals surface area contributed by atoms with Crippen molar-refractivity contribution in [2.24, 2.45) is 5.73 Å². The van der Waals surface area contributed by atoms with Crippen molar-refractivity contribution >= 4 is 49.1 Å². The Kier molecular flexibility index (Phi) is 4.34. The number of hydrogen-bond donors (Lipinski definition) is 2. The Hall–Kier alpha value is 0.0900. The summed E-state index contributed by atoms with van der Waals surface area (Å²) in [7, 11) is 0. The molecule has 0 spiro atoms. The molecule has 1 heterocycles. The summed E-state index contributed by atoms with van der Waals surface area (Å²) in [6, 6.07) is 1.79. The summed E-state index contributed by atoms with van der Waals surface area (Å²) < 4.78 is 1.74. The molecule has 1 aromatic heterocycles. The molecule has 6 heteroatoms. The second-order valence-corrected chi connectivity index (χ2v) is 7.53. The van der Waals surface area contributed by atoms with Crippen molar-refractivity contribution < 1.29 is 4.79 Å². The Bertz CT molecular complexity index is 376. The predicted molar refractivity (Wildman–Crippen MR) is 70.3 cm³/mol. The molecule has 0 radical (unpaired) electrons. The van der Waals surface area contributed by atoms with Gasteiger partial charge in [-0.3, -0.25) is 4.79 Å². The van der Waals surface area contributed by atoms with Crippen molar-refractivity contribution in [2.75, 3.05) is 6.54 Å². The van der Waals surface area contributed by atoms with Crippen molar-refractivity contribution in [1.82, 2.24) is 5.32 Å². The van der Waals surface area contributed by atoms with E-state index in [4.69, 9.17) is 5.73 Å². The SMILES string of the molecule is CC(C)(CN)NC(=O)c1cc(Br)sc1Br. The average Bonchev–Trinajstić information content (AvgIpc) is 2.45. The zero-order valence-electron chi connectivity index (χ0n) is 8.43. The van der Waals surface area contributed by atoms with Crippen LogP contribution in [-0.2, 0) is 0 Å². The van der Waals surface area contributed by atoms with Crippen molar-refractivity contribution in [3.63, 3.8) is 0 Å². The minimum absolute atomic E-state index is 0.112. The third kappa shape index (κ3) is 3.55. The molecule has 84 valence electrons. The number of carbonyl (C=O) groups excluding carboxylic acids is 1. The maximum absolute atomic E-state index is 11.8. The zero-order valence-corrected chi connectivity index (χ0v) is 12.4. The highest BCUT2D eigenvalue weighted by Crippen LogP contribution is 2.31. The van der Waals surface area contributed by atoms with Gasteiger partial charge in [-0.1, -0.05) is 0 Å². The topological polar surface area (TPSA) is 55.1 Å².